The van der Waals surface area contributed by atoms with E-state index >= 15 is 0 Å². The van der Waals surface area contributed by atoms with Gasteiger partial charge in [-0.15, -0.1) is 0 Å². The number of hydrogen-bond acceptors (Lipinski definition) is 4. The van der Waals surface area contributed by atoms with Gasteiger partial charge in [-0.2, -0.15) is 11.8 Å². The van der Waals surface area contributed by atoms with Crippen LogP contribution in [0.2, 0.25) is 0 Å². The normalized spacial score (nSPS) is 16.4. The minimum Gasteiger partial charge on any atom is -0.493 e. The van der Waals surface area contributed by atoms with Crippen LogP contribution in [0.15, 0.2) is 18.2 Å². The number of thioether (sulfide) groups is 1. The van der Waals surface area contributed by atoms with Crippen LogP contribution >= 0.6 is 11.8 Å². The van der Waals surface area contributed by atoms with E-state index in [1.54, 1.807) is 14.2 Å². The summed E-state index contributed by atoms with van der Waals surface area (Å²) in [4.78, 5) is 0. The van der Waals surface area contributed by atoms with Gasteiger partial charge in [0, 0.05) is 23.4 Å². The van der Waals surface area contributed by atoms with Crippen molar-refractivity contribution in [3.8, 4) is 11.5 Å². The lowest BCUT2D eigenvalue weighted by Crippen LogP contribution is -2.25. The molecule has 0 unspecified atom stereocenters. The molecule has 0 amide bonds. The van der Waals surface area contributed by atoms with Crippen LogP contribution in [0, 0.1) is 0 Å². The zero-order valence-electron chi connectivity index (χ0n) is 11.3. The number of rotatable bonds is 7. The van der Waals surface area contributed by atoms with Crippen LogP contribution in [-0.4, -0.2) is 31.8 Å². The van der Waals surface area contributed by atoms with Gasteiger partial charge < -0.3 is 14.8 Å². The molecule has 0 bridgehead atoms. The van der Waals surface area contributed by atoms with Crippen LogP contribution in [0.1, 0.15) is 18.4 Å². The standard InChI is InChI=1S/C14H21NO2S/c1-16-12-6-4-5-11(13(12)17-2)9-15-10-14(18-3)7-8-14/h4-6,15H,7-10H2,1-3H3. The molecule has 0 atom stereocenters. The third-order valence-corrected chi connectivity index (χ3v) is 4.91. The molecule has 1 N–H and O–H groups in total. The van der Waals surface area contributed by atoms with Crippen LogP contribution < -0.4 is 14.8 Å². The second-order valence-electron chi connectivity index (χ2n) is 4.64. The second-order valence-corrected chi connectivity index (χ2v) is 5.92. The second kappa shape index (κ2) is 5.85. The van der Waals surface area contributed by atoms with E-state index in [1.807, 2.05) is 23.9 Å². The van der Waals surface area contributed by atoms with Crippen molar-refractivity contribution >= 4 is 11.8 Å². The highest BCUT2D eigenvalue weighted by Crippen LogP contribution is 2.46. The van der Waals surface area contributed by atoms with E-state index < -0.39 is 0 Å². The fourth-order valence-corrected chi connectivity index (χ4v) is 2.87. The number of para-hydroxylation sites is 1. The maximum Gasteiger partial charge on any atom is 0.165 e. The number of methoxy groups -OCH3 is 2. The Kier molecular flexibility index (Phi) is 4.40. The van der Waals surface area contributed by atoms with Gasteiger partial charge in [-0.1, -0.05) is 12.1 Å². The first kappa shape index (κ1) is 13.6. The third-order valence-electron chi connectivity index (χ3n) is 3.49. The fourth-order valence-electron chi connectivity index (χ4n) is 2.11. The SMILES string of the molecule is COc1cccc(CNCC2(SC)CC2)c1OC. The van der Waals surface area contributed by atoms with Gasteiger partial charge in [-0.3, -0.25) is 0 Å². The summed E-state index contributed by atoms with van der Waals surface area (Å²) in [5.74, 6) is 1.63. The van der Waals surface area contributed by atoms with Crippen LogP contribution in [0.4, 0.5) is 0 Å². The first-order valence-electron chi connectivity index (χ1n) is 6.20. The molecule has 1 aliphatic carbocycles. The Balaban J connectivity index is 1.96. The highest BCUT2D eigenvalue weighted by atomic mass is 32.2. The quantitative estimate of drug-likeness (QED) is 0.823. The topological polar surface area (TPSA) is 30.5 Å². The number of benzene rings is 1. The number of nitrogens with one attached hydrogen (secondary N) is 1. The zero-order chi connectivity index (χ0) is 13.0. The van der Waals surface area contributed by atoms with E-state index in [0.717, 1.165) is 30.2 Å². The van der Waals surface area contributed by atoms with Gasteiger partial charge in [0.2, 0.25) is 0 Å². The molecule has 18 heavy (non-hydrogen) atoms. The van der Waals surface area contributed by atoms with Gasteiger partial charge in [0.1, 0.15) is 0 Å². The molecular formula is C14H21NO2S. The molecule has 0 heterocycles. The first-order valence-corrected chi connectivity index (χ1v) is 7.43. The van der Waals surface area contributed by atoms with Crippen LogP contribution in [-0.2, 0) is 6.54 Å². The van der Waals surface area contributed by atoms with Crippen molar-refractivity contribution in [3.63, 3.8) is 0 Å². The van der Waals surface area contributed by atoms with E-state index in [-0.39, 0.29) is 0 Å². The molecule has 100 valence electrons. The Labute approximate surface area is 113 Å². The molecule has 1 saturated carbocycles. The molecule has 0 spiro atoms. The fraction of sp³-hybridized carbons (Fsp3) is 0.571. The van der Waals surface area contributed by atoms with Crippen molar-refractivity contribution in [1.82, 2.24) is 5.32 Å². The molecule has 1 aromatic carbocycles. The van der Waals surface area contributed by atoms with E-state index in [4.69, 9.17) is 9.47 Å². The molecule has 1 aromatic rings. The number of hydrogen-bond donors (Lipinski definition) is 1. The molecule has 0 aliphatic heterocycles. The average Bonchev–Trinajstić information content (AvgIpc) is 3.19. The Morgan fingerprint density at radius 3 is 2.61 bits per heavy atom. The first-order chi connectivity index (χ1) is 8.74. The summed E-state index contributed by atoms with van der Waals surface area (Å²) in [6, 6.07) is 6.00. The molecule has 0 saturated heterocycles. The third kappa shape index (κ3) is 2.93. The van der Waals surface area contributed by atoms with Gasteiger partial charge in [0.15, 0.2) is 11.5 Å². The van der Waals surface area contributed by atoms with Crippen molar-refractivity contribution in [2.45, 2.75) is 24.1 Å². The van der Waals surface area contributed by atoms with Crippen LogP contribution in [0.3, 0.4) is 0 Å². The van der Waals surface area contributed by atoms with Gasteiger partial charge in [-0.05, 0) is 25.2 Å². The molecule has 4 heteroatoms. The molecule has 3 nitrogen and oxygen atoms in total. The lowest BCUT2D eigenvalue weighted by Gasteiger charge is -2.16. The molecule has 0 aromatic heterocycles. The smallest absolute Gasteiger partial charge is 0.165 e. The highest BCUT2D eigenvalue weighted by molar-refractivity contribution is 8.00. The van der Waals surface area contributed by atoms with Gasteiger partial charge >= 0.3 is 0 Å². The van der Waals surface area contributed by atoms with Crippen molar-refractivity contribution in [2.24, 2.45) is 0 Å². The van der Waals surface area contributed by atoms with E-state index in [9.17, 15) is 0 Å². The summed E-state index contributed by atoms with van der Waals surface area (Å²) < 4.78 is 11.2. The van der Waals surface area contributed by atoms with Gasteiger partial charge in [0.05, 0.1) is 14.2 Å². The summed E-state index contributed by atoms with van der Waals surface area (Å²) in [6.45, 7) is 1.89. The van der Waals surface area contributed by atoms with Crippen molar-refractivity contribution in [1.29, 1.82) is 0 Å². The largest absolute Gasteiger partial charge is 0.493 e. The molecule has 1 fully saturated rings. The summed E-state index contributed by atoms with van der Waals surface area (Å²) in [5.41, 5.74) is 1.15. The monoisotopic (exact) mass is 267 g/mol. The lowest BCUT2D eigenvalue weighted by molar-refractivity contribution is 0.350. The highest BCUT2D eigenvalue weighted by Gasteiger charge is 2.41. The summed E-state index contributed by atoms with van der Waals surface area (Å²) in [7, 11) is 3.35. The summed E-state index contributed by atoms with van der Waals surface area (Å²) in [6.07, 6.45) is 4.85. The Hall–Kier alpha value is -0.870. The van der Waals surface area contributed by atoms with E-state index in [0.29, 0.717) is 4.75 Å². The summed E-state index contributed by atoms with van der Waals surface area (Å²) >= 11 is 1.97. The zero-order valence-corrected chi connectivity index (χ0v) is 12.1. The van der Waals surface area contributed by atoms with Crippen LogP contribution in [0.5, 0.6) is 11.5 Å². The van der Waals surface area contributed by atoms with E-state index in [2.05, 4.69) is 17.6 Å². The summed E-state index contributed by atoms with van der Waals surface area (Å²) in [5, 5.41) is 3.53. The Morgan fingerprint density at radius 2 is 2.06 bits per heavy atom. The van der Waals surface area contributed by atoms with Crippen molar-refractivity contribution in [2.75, 3.05) is 27.0 Å². The molecule has 1 aliphatic rings. The van der Waals surface area contributed by atoms with Gasteiger partial charge in [-0.25, -0.2) is 0 Å². The predicted octanol–water partition coefficient (Wildman–Crippen LogP) is 2.69. The molecule has 0 radical (unpaired) electrons. The Morgan fingerprint density at radius 1 is 1.28 bits per heavy atom. The van der Waals surface area contributed by atoms with Crippen molar-refractivity contribution in [3.05, 3.63) is 23.8 Å². The lowest BCUT2D eigenvalue weighted by atomic mass is 10.2. The van der Waals surface area contributed by atoms with E-state index in [1.165, 1.54) is 12.8 Å². The average molecular weight is 267 g/mol. The maximum absolute atomic E-state index is 5.42. The molecule has 2 rings (SSSR count). The number of ether oxygens (including phenoxy) is 2. The molecular weight excluding hydrogens is 246 g/mol. The minimum absolute atomic E-state index is 0.492. The van der Waals surface area contributed by atoms with Crippen molar-refractivity contribution < 1.29 is 9.47 Å². The predicted molar refractivity (Wildman–Crippen MR) is 76.7 cm³/mol. The minimum atomic E-state index is 0.492. The Bertz CT molecular complexity index is 405. The van der Waals surface area contributed by atoms with Gasteiger partial charge in [0.25, 0.3) is 0 Å². The van der Waals surface area contributed by atoms with Crippen LogP contribution in [0.25, 0.3) is 0 Å². The maximum atomic E-state index is 5.42.